The molecule has 5 heteroatoms. The Bertz CT molecular complexity index is 334. The highest BCUT2D eigenvalue weighted by atomic mass is 16.2. The molecule has 0 radical (unpaired) electrons. The number of hydrogen-bond acceptors (Lipinski definition) is 2. The number of urea groups is 1. The number of unbranched alkanes of at least 4 members (excludes halogenated alkanes) is 1. The number of aryl methyl sites for hydroxylation is 1. The summed E-state index contributed by atoms with van der Waals surface area (Å²) in [5.41, 5.74) is 0.899. The summed E-state index contributed by atoms with van der Waals surface area (Å²) in [5, 5.41) is 7.09. The first-order valence-corrected chi connectivity index (χ1v) is 5.61. The van der Waals surface area contributed by atoms with E-state index in [0.717, 1.165) is 25.1 Å². The molecule has 1 N–H and O–H groups in total. The molecule has 0 aliphatic rings. The molecule has 0 saturated heterocycles. The Morgan fingerprint density at radius 2 is 2.38 bits per heavy atom. The van der Waals surface area contributed by atoms with E-state index in [1.54, 1.807) is 16.6 Å². The Balaban J connectivity index is 2.34. The molecular formula is C11H20N4O. The van der Waals surface area contributed by atoms with Crippen molar-refractivity contribution in [2.75, 3.05) is 13.6 Å². The molecule has 16 heavy (non-hydrogen) atoms. The summed E-state index contributed by atoms with van der Waals surface area (Å²) in [4.78, 5) is 13.2. The first-order valence-electron chi connectivity index (χ1n) is 5.61. The third-order valence-corrected chi connectivity index (χ3v) is 2.32. The van der Waals surface area contributed by atoms with Crippen LogP contribution >= 0.6 is 0 Å². The Morgan fingerprint density at radius 1 is 1.62 bits per heavy atom. The van der Waals surface area contributed by atoms with Crippen LogP contribution in [0.1, 0.15) is 25.5 Å². The Labute approximate surface area is 96.4 Å². The van der Waals surface area contributed by atoms with Crippen LogP contribution in [0.15, 0.2) is 12.3 Å². The molecule has 0 saturated carbocycles. The maximum atomic E-state index is 11.6. The third kappa shape index (κ3) is 3.92. The van der Waals surface area contributed by atoms with Gasteiger partial charge in [-0.2, -0.15) is 5.10 Å². The predicted molar refractivity (Wildman–Crippen MR) is 63.0 cm³/mol. The standard InChI is InChI=1S/C11H20N4O/c1-4-5-7-12-11(16)14(2)9-10-6-8-15(3)13-10/h6,8H,4-5,7,9H2,1-3H3,(H,12,16). The normalized spacial score (nSPS) is 10.2. The second-order valence-electron chi connectivity index (χ2n) is 3.92. The van der Waals surface area contributed by atoms with Crippen molar-refractivity contribution >= 4 is 6.03 Å². The van der Waals surface area contributed by atoms with Crippen molar-refractivity contribution < 1.29 is 4.79 Å². The summed E-state index contributed by atoms with van der Waals surface area (Å²) in [7, 11) is 3.64. The maximum Gasteiger partial charge on any atom is 0.317 e. The van der Waals surface area contributed by atoms with Gasteiger partial charge in [-0.1, -0.05) is 13.3 Å². The van der Waals surface area contributed by atoms with E-state index in [0.29, 0.717) is 6.54 Å². The van der Waals surface area contributed by atoms with Crippen LogP contribution in [0, 0.1) is 0 Å². The summed E-state index contributed by atoms with van der Waals surface area (Å²) >= 11 is 0. The van der Waals surface area contributed by atoms with Crippen LogP contribution in [-0.4, -0.2) is 34.3 Å². The minimum Gasteiger partial charge on any atom is -0.338 e. The highest BCUT2D eigenvalue weighted by Crippen LogP contribution is 1.99. The zero-order valence-corrected chi connectivity index (χ0v) is 10.2. The Morgan fingerprint density at radius 3 is 2.94 bits per heavy atom. The molecular weight excluding hydrogens is 204 g/mol. The van der Waals surface area contributed by atoms with Gasteiger partial charge in [0, 0.05) is 26.8 Å². The average Bonchev–Trinajstić information content (AvgIpc) is 2.64. The van der Waals surface area contributed by atoms with E-state index in [-0.39, 0.29) is 6.03 Å². The summed E-state index contributed by atoms with van der Waals surface area (Å²) in [6, 6.07) is 1.87. The fourth-order valence-electron chi connectivity index (χ4n) is 1.37. The van der Waals surface area contributed by atoms with Crippen LogP contribution in [0.5, 0.6) is 0 Å². The number of nitrogens with one attached hydrogen (secondary N) is 1. The lowest BCUT2D eigenvalue weighted by atomic mass is 10.3. The van der Waals surface area contributed by atoms with E-state index in [2.05, 4.69) is 17.3 Å². The largest absolute Gasteiger partial charge is 0.338 e. The lowest BCUT2D eigenvalue weighted by Gasteiger charge is -2.16. The number of rotatable bonds is 5. The third-order valence-electron chi connectivity index (χ3n) is 2.32. The SMILES string of the molecule is CCCCNC(=O)N(C)Cc1ccn(C)n1. The van der Waals surface area contributed by atoms with Crippen LogP contribution in [0.3, 0.4) is 0 Å². The molecule has 0 aliphatic heterocycles. The van der Waals surface area contributed by atoms with Gasteiger partial charge >= 0.3 is 6.03 Å². The maximum absolute atomic E-state index is 11.6. The molecule has 5 nitrogen and oxygen atoms in total. The molecule has 1 aromatic rings. The molecule has 0 bridgehead atoms. The molecule has 1 heterocycles. The van der Waals surface area contributed by atoms with Gasteiger partial charge in [0.25, 0.3) is 0 Å². The summed E-state index contributed by atoms with van der Waals surface area (Å²) < 4.78 is 1.73. The quantitative estimate of drug-likeness (QED) is 0.768. The fourth-order valence-corrected chi connectivity index (χ4v) is 1.37. The van der Waals surface area contributed by atoms with E-state index in [4.69, 9.17) is 0 Å². The molecule has 0 aliphatic carbocycles. The minimum atomic E-state index is -0.0425. The van der Waals surface area contributed by atoms with E-state index >= 15 is 0 Å². The number of nitrogens with zero attached hydrogens (tertiary/aromatic N) is 3. The minimum absolute atomic E-state index is 0.0425. The second kappa shape index (κ2) is 6.15. The summed E-state index contributed by atoms with van der Waals surface area (Å²) in [6.45, 7) is 3.38. The summed E-state index contributed by atoms with van der Waals surface area (Å²) in [5.74, 6) is 0. The number of carbonyl (C=O) groups excluding carboxylic acids is 1. The molecule has 0 aromatic carbocycles. The van der Waals surface area contributed by atoms with Crippen molar-refractivity contribution in [2.45, 2.75) is 26.3 Å². The van der Waals surface area contributed by atoms with Crippen LogP contribution in [0.25, 0.3) is 0 Å². The first-order chi connectivity index (χ1) is 7.63. The van der Waals surface area contributed by atoms with Crippen molar-refractivity contribution in [2.24, 2.45) is 7.05 Å². The molecule has 0 atom stereocenters. The number of hydrogen-bond donors (Lipinski definition) is 1. The average molecular weight is 224 g/mol. The zero-order valence-electron chi connectivity index (χ0n) is 10.2. The Kier molecular flexibility index (Phi) is 4.82. The van der Waals surface area contributed by atoms with Crippen LogP contribution < -0.4 is 5.32 Å². The molecule has 0 fully saturated rings. The highest BCUT2D eigenvalue weighted by molar-refractivity contribution is 5.73. The predicted octanol–water partition coefficient (Wildman–Crippen LogP) is 1.36. The molecule has 1 aromatic heterocycles. The molecule has 0 unspecified atom stereocenters. The van der Waals surface area contributed by atoms with Crippen LogP contribution in [0.4, 0.5) is 4.79 Å². The van der Waals surface area contributed by atoms with Gasteiger partial charge < -0.3 is 10.2 Å². The van der Waals surface area contributed by atoms with Gasteiger partial charge in [-0.05, 0) is 12.5 Å². The fraction of sp³-hybridized carbons (Fsp3) is 0.636. The zero-order chi connectivity index (χ0) is 12.0. The second-order valence-corrected chi connectivity index (χ2v) is 3.92. The number of aromatic nitrogens is 2. The summed E-state index contributed by atoms with van der Waals surface area (Å²) in [6.07, 6.45) is 3.98. The lowest BCUT2D eigenvalue weighted by Crippen LogP contribution is -2.37. The molecule has 2 amide bonds. The van der Waals surface area contributed by atoms with Gasteiger partial charge in [-0.25, -0.2) is 4.79 Å². The van der Waals surface area contributed by atoms with Gasteiger partial charge in [-0.15, -0.1) is 0 Å². The van der Waals surface area contributed by atoms with Gasteiger partial charge in [-0.3, -0.25) is 4.68 Å². The first kappa shape index (κ1) is 12.5. The van der Waals surface area contributed by atoms with Crippen molar-refractivity contribution in [3.8, 4) is 0 Å². The van der Waals surface area contributed by atoms with E-state index in [1.165, 1.54) is 0 Å². The van der Waals surface area contributed by atoms with E-state index in [1.807, 2.05) is 19.3 Å². The van der Waals surface area contributed by atoms with E-state index < -0.39 is 0 Å². The molecule has 1 rings (SSSR count). The smallest absolute Gasteiger partial charge is 0.317 e. The topological polar surface area (TPSA) is 50.2 Å². The van der Waals surface area contributed by atoms with Crippen molar-refractivity contribution in [1.82, 2.24) is 20.0 Å². The monoisotopic (exact) mass is 224 g/mol. The number of amides is 2. The van der Waals surface area contributed by atoms with E-state index in [9.17, 15) is 4.79 Å². The molecule has 0 spiro atoms. The molecule has 90 valence electrons. The van der Waals surface area contributed by atoms with Gasteiger partial charge in [0.05, 0.1) is 12.2 Å². The van der Waals surface area contributed by atoms with Crippen molar-refractivity contribution in [1.29, 1.82) is 0 Å². The van der Waals surface area contributed by atoms with Gasteiger partial charge in [0.1, 0.15) is 0 Å². The van der Waals surface area contributed by atoms with Gasteiger partial charge in [0.2, 0.25) is 0 Å². The van der Waals surface area contributed by atoms with Crippen molar-refractivity contribution in [3.05, 3.63) is 18.0 Å². The van der Waals surface area contributed by atoms with Gasteiger partial charge in [0.15, 0.2) is 0 Å². The van der Waals surface area contributed by atoms with Crippen LogP contribution in [-0.2, 0) is 13.6 Å². The van der Waals surface area contributed by atoms with Crippen LogP contribution in [0.2, 0.25) is 0 Å². The number of carbonyl (C=O) groups is 1. The van der Waals surface area contributed by atoms with Crippen molar-refractivity contribution in [3.63, 3.8) is 0 Å². The Hall–Kier alpha value is -1.52. The highest BCUT2D eigenvalue weighted by Gasteiger charge is 2.09. The lowest BCUT2D eigenvalue weighted by molar-refractivity contribution is 0.206.